The lowest BCUT2D eigenvalue weighted by Crippen LogP contribution is -2.42. The molecule has 20 heavy (non-hydrogen) atoms. The minimum Gasteiger partial charge on any atom is -0.399 e. The van der Waals surface area contributed by atoms with Crippen molar-refractivity contribution in [2.45, 2.75) is 38.6 Å². The van der Waals surface area contributed by atoms with Crippen molar-refractivity contribution in [3.63, 3.8) is 0 Å². The zero-order valence-corrected chi connectivity index (χ0v) is 12.5. The summed E-state index contributed by atoms with van der Waals surface area (Å²) in [5, 5.41) is 0. The van der Waals surface area contributed by atoms with Crippen LogP contribution in [0.1, 0.15) is 44.2 Å². The molecule has 1 atom stereocenters. The van der Waals surface area contributed by atoms with E-state index in [0.29, 0.717) is 0 Å². The van der Waals surface area contributed by atoms with Gasteiger partial charge in [0, 0.05) is 25.8 Å². The molecule has 1 aromatic rings. The van der Waals surface area contributed by atoms with Crippen molar-refractivity contribution in [3.8, 4) is 0 Å². The zero-order chi connectivity index (χ0) is 14.5. The molecule has 1 saturated heterocycles. The summed E-state index contributed by atoms with van der Waals surface area (Å²) < 4.78 is 0. The Labute approximate surface area is 121 Å². The molecule has 1 fully saturated rings. The Morgan fingerprint density at radius 1 is 1.25 bits per heavy atom. The van der Waals surface area contributed by atoms with Gasteiger partial charge in [-0.2, -0.15) is 0 Å². The third-order valence-electron chi connectivity index (χ3n) is 4.15. The van der Waals surface area contributed by atoms with E-state index in [1.807, 2.05) is 48.0 Å². The number of carbonyl (C=O) groups is 1. The monoisotopic (exact) mass is 275 g/mol. The molecule has 110 valence electrons. The summed E-state index contributed by atoms with van der Waals surface area (Å²) in [5.41, 5.74) is 7.64. The second-order valence-corrected chi connectivity index (χ2v) is 5.64. The SMILES string of the molecule is CC(c1cccc(N)c1)N(C)C(=O)N1CCCCCC1. The van der Waals surface area contributed by atoms with Gasteiger partial charge >= 0.3 is 6.03 Å². The van der Waals surface area contributed by atoms with E-state index in [1.54, 1.807) is 0 Å². The van der Waals surface area contributed by atoms with Crippen molar-refractivity contribution in [2.24, 2.45) is 0 Å². The van der Waals surface area contributed by atoms with Crippen LogP contribution in [0, 0.1) is 0 Å². The van der Waals surface area contributed by atoms with Crippen LogP contribution < -0.4 is 5.73 Å². The number of amides is 2. The number of anilines is 1. The quantitative estimate of drug-likeness (QED) is 0.842. The van der Waals surface area contributed by atoms with Gasteiger partial charge in [0.05, 0.1) is 6.04 Å². The van der Waals surface area contributed by atoms with E-state index >= 15 is 0 Å². The lowest BCUT2D eigenvalue weighted by atomic mass is 10.1. The average molecular weight is 275 g/mol. The number of urea groups is 1. The van der Waals surface area contributed by atoms with Crippen molar-refractivity contribution in [1.82, 2.24) is 9.80 Å². The molecular formula is C16H25N3O. The van der Waals surface area contributed by atoms with E-state index in [0.717, 1.165) is 37.2 Å². The minimum absolute atomic E-state index is 0.0363. The van der Waals surface area contributed by atoms with Crippen molar-refractivity contribution < 1.29 is 4.79 Å². The molecule has 0 bridgehead atoms. The van der Waals surface area contributed by atoms with Gasteiger partial charge in [0.1, 0.15) is 0 Å². The minimum atomic E-state index is 0.0363. The van der Waals surface area contributed by atoms with Gasteiger partial charge in [-0.25, -0.2) is 4.79 Å². The molecule has 4 heteroatoms. The fourth-order valence-electron chi connectivity index (χ4n) is 2.69. The van der Waals surface area contributed by atoms with Crippen LogP contribution in [0.15, 0.2) is 24.3 Å². The number of rotatable bonds is 2. The maximum absolute atomic E-state index is 12.6. The zero-order valence-electron chi connectivity index (χ0n) is 12.5. The molecule has 0 saturated carbocycles. The highest BCUT2D eigenvalue weighted by atomic mass is 16.2. The summed E-state index contributed by atoms with van der Waals surface area (Å²) in [6.07, 6.45) is 4.70. The Hall–Kier alpha value is -1.71. The fraction of sp³-hybridized carbons (Fsp3) is 0.562. The molecule has 1 unspecified atom stereocenters. The largest absolute Gasteiger partial charge is 0.399 e. The van der Waals surface area contributed by atoms with Crippen LogP contribution in [-0.2, 0) is 0 Å². The predicted molar refractivity (Wildman–Crippen MR) is 82.5 cm³/mol. The number of hydrogen-bond acceptors (Lipinski definition) is 2. The second-order valence-electron chi connectivity index (χ2n) is 5.64. The fourth-order valence-corrected chi connectivity index (χ4v) is 2.69. The Kier molecular flexibility index (Phi) is 4.88. The summed E-state index contributed by atoms with van der Waals surface area (Å²) >= 11 is 0. The van der Waals surface area contributed by atoms with Crippen LogP contribution in [-0.4, -0.2) is 36.0 Å². The number of nitrogens with zero attached hydrogens (tertiary/aromatic N) is 2. The van der Waals surface area contributed by atoms with Crippen LogP contribution in [0.3, 0.4) is 0 Å². The highest BCUT2D eigenvalue weighted by molar-refractivity contribution is 5.74. The van der Waals surface area contributed by atoms with Gasteiger partial charge in [-0.1, -0.05) is 25.0 Å². The first-order valence-corrected chi connectivity index (χ1v) is 7.47. The molecule has 1 aromatic carbocycles. The summed E-state index contributed by atoms with van der Waals surface area (Å²) in [6, 6.07) is 7.93. The molecule has 1 aliphatic heterocycles. The third kappa shape index (κ3) is 3.44. The smallest absolute Gasteiger partial charge is 0.320 e. The summed E-state index contributed by atoms with van der Waals surface area (Å²) in [5.74, 6) is 0. The lowest BCUT2D eigenvalue weighted by Gasteiger charge is -2.31. The molecule has 0 aromatic heterocycles. The van der Waals surface area contributed by atoms with Crippen LogP contribution in [0.2, 0.25) is 0 Å². The number of likely N-dealkylation sites (tertiary alicyclic amines) is 1. The molecule has 2 amide bonds. The van der Waals surface area contributed by atoms with E-state index in [2.05, 4.69) is 0 Å². The third-order valence-corrected chi connectivity index (χ3v) is 4.15. The Morgan fingerprint density at radius 3 is 2.50 bits per heavy atom. The van der Waals surface area contributed by atoms with Gasteiger partial charge in [-0.15, -0.1) is 0 Å². The second kappa shape index (κ2) is 6.64. The molecule has 1 aliphatic rings. The van der Waals surface area contributed by atoms with Crippen molar-refractivity contribution in [3.05, 3.63) is 29.8 Å². The Bertz CT molecular complexity index is 453. The molecule has 4 nitrogen and oxygen atoms in total. The van der Waals surface area contributed by atoms with Gasteiger partial charge < -0.3 is 15.5 Å². The maximum atomic E-state index is 12.6. The first-order valence-electron chi connectivity index (χ1n) is 7.47. The highest BCUT2D eigenvalue weighted by Gasteiger charge is 2.23. The van der Waals surface area contributed by atoms with E-state index in [1.165, 1.54) is 12.8 Å². The number of nitrogen functional groups attached to an aromatic ring is 1. The summed E-state index contributed by atoms with van der Waals surface area (Å²) in [4.78, 5) is 16.4. The van der Waals surface area contributed by atoms with Crippen LogP contribution in [0.25, 0.3) is 0 Å². The first kappa shape index (κ1) is 14.7. The predicted octanol–water partition coefficient (Wildman–Crippen LogP) is 3.26. The number of hydrogen-bond donors (Lipinski definition) is 1. The molecule has 2 N–H and O–H groups in total. The summed E-state index contributed by atoms with van der Waals surface area (Å²) in [6.45, 7) is 3.81. The summed E-state index contributed by atoms with van der Waals surface area (Å²) in [7, 11) is 1.88. The standard InChI is InChI=1S/C16H25N3O/c1-13(14-8-7-9-15(17)12-14)18(2)16(20)19-10-5-3-4-6-11-19/h7-9,12-13H,3-6,10-11,17H2,1-2H3. The van der Waals surface area contributed by atoms with Gasteiger partial charge in [0.2, 0.25) is 0 Å². The van der Waals surface area contributed by atoms with Crippen molar-refractivity contribution in [2.75, 3.05) is 25.9 Å². The number of carbonyl (C=O) groups excluding carboxylic acids is 1. The maximum Gasteiger partial charge on any atom is 0.320 e. The molecule has 1 heterocycles. The Morgan fingerprint density at radius 2 is 1.90 bits per heavy atom. The molecule has 0 radical (unpaired) electrons. The number of benzene rings is 1. The first-order chi connectivity index (χ1) is 9.59. The van der Waals surface area contributed by atoms with Crippen LogP contribution in [0.5, 0.6) is 0 Å². The van der Waals surface area contributed by atoms with E-state index in [4.69, 9.17) is 5.73 Å². The van der Waals surface area contributed by atoms with E-state index in [-0.39, 0.29) is 12.1 Å². The molecular weight excluding hydrogens is 250 g/mol. The number of nitrogens with two attached hydrogens (primary N) is 1. The van der Waals surface area contributed by atoms with Gasteiger partial charge in [0.25, 0.3) is 0 Å². The van der Waals surface area contributed by atoms with E-state index in [9.17, 15) is 4.79 Å². The Balaban J connectivity index is 2.05. The van der Waals surface area contributed by atoms with Crippen molar-refractivity contribution >= 4 is 11.7 Å². The molecule has 0 aliphatic carbocycles. The normalized spacial score (nSPS) is 17.4. The van der Waals surface area contributed by atoms with Gasteiger partial charge in [-0.3, -0.25) is 0 Å². The van der Waals surface area contributed by atoms with E-state index < -0.39 is 0 Å². The van der Waals surface area contributed by atoms with Crippen LogP contribution in [0.4, 0.5) is 10.5 Å². The van der Waals surface area contributed by atoms with Gasteiger partial charge in [0.15, 0.2) is 0 Å². The molecule has 2 rings (SSSR count). The average Bonchev–Trinajstić information content (AvgIpc) is 2.74. The lowest BCUT2D eigenvalue weighted by molar-refractivity contribution is 0.151. The highest BCUT2D eigenvalue weighted by Crippen LogP contribution is 2.22. The molecule has 0 spiro atoms. The topological polar surface area (TPSA) is 49.6 Å². The van der Waals surface area contributed by atoms with Crippen molar-refractivity contribution in [1.29, 1.82) is 0 Å². The van der Waals surface area contributed by atoms with Crippen LogP contribution >= 0.6 is 0 Å². The van der Waals surface area contributed by atoms with Gasteiger partial charge in [-0.05, 0) is 37.5 Å².